The number of fused-ring (bicyclic) bond motifs is 10. The van der Waals surface area contributed by atoms with Crippen molar-refractivity contribution in [2.45, 2.75) is 137 Å². The highest BCUT2D eigenvalue weighted by atomic mass is 16.7. The van der Waals surface area contributed by atoms with Crippen LogP contribution in [0.1, 0.15) is 87.8 Å². The summed E-state index contributed by atoms with van der Waals surface area (Å²) in [6.07, 6.45) is -11.2. The molecule has 4 fully saturated rings. The van der Waals surface area contributed by atoms with E-state index in [-0.39, 0.29) is 36.8 Å². The third kappa shape index (κ3) is 6.20. The first-order chi connectivity index (χ1) is 36.8. The fourth-order valence-electron chi connectivity index (χ4n) is 15.5. The fourth-order valence-corrected chi connectivity index (χ4v) is 15.5. The monoisotopic (exact) mass is 1080 g/mol. The summed E-state index contributed by atoms with van der Waals surface area (Å²) in [5.74, 6) is -13.3. The largest absolute Gasteiger partial charge is 0.506 e. The molecule has 24 heteroatoms. The lowest BCUT2D eigenvalue weighted by Gasteiger charge is -2.52. The molecule has 0 unspecified atom stereocenters. The van der Waals surface area contributed by atoms with E-state index in [1.165, 1.54) is 0 Å². The number of hydrogen-bond donors (Lipinski definition) is 8. The maximum atomic E-state index is 14.3. The van der Waals surface area contributed by atoms with Crippen LogP contribution in [0, 0.1) is 11.8 Å². The van der Waals surface area contributed by atoms with Crippen molar-refractivity contribution >= 4 is 43.1 Å². The first-order valence-electron chi connectivity index (χ1n) is 25.7. The summed E-state index contributed by atoms with van der Waals surface area (Å²) in [7, 11) is 6.98. The van der Waals surface area contributed by atoms with Crippen molar-refractivity contribution in [3.8, 4) is 23.0 Å². The molecule has 2 aliphatic carbocycles. The molecule has 4 saturated heterocycles. The Bertz CT molecular complexity index is 3750. The molecular formula is C54H56N6O18. The molecule has 0 saturated carbocycles. The maximum Gasteiger partial charge on any atom is 0.333 e. The third-order valence-corrected chi connectivity index (χ3v) is 18.1. The second-order valence-electron chi connectivity index (χ2n) is 22.3. The van der Waals surface area contributed by atoms with Crippen molar-refractivity contribution < 1.29 is 78.9 Å². The van der Waals surface area contributed by atoms with Gasteiger partial charge in [-0.2, -0.15) is 9.58 Å². The number of ether oxygens (including phenoxy) is 6. The SMILES string of the molecule is CC[C@@]12O[C@@]3(O)c4c(c(=[N+]=[N-])c5c(O)c6c(=O)ccc(=O)c6c(O)c45)[C@@H](O[C@H]4C[C@@H](O)[C@H](N(C)C)[C@@H](C)O4)[C@@]4(CC)O[C@@](O)(c5c(c(=[N+]=[N-])c6c(O)c7c(=O)ccc(=O)c7c(O)c56)[C@H]1O[C@@H]1C[C@H](O)[C@@H](N(C)C)[C@H](C)O1)[C@@H]2[C@H]43. The summed E-state index contributed by atoms with van der Waals surface area (Å²) in [5.41, 5.74) is 12.7. The van der Waals surface area contributed by atoms with Gasteiger partial charge < -0.3 is 90.1 Å². The van der Waals surface area contributed by atoms with E-state index in [9.17, 15) is 71.1 Å². The van der Waals surface area contributed by atoms with E-state index in [0.717, 1.165) is 24.3 Å². The van der Waals surface area contributed by atoms with E-state index in [4.69, 9.17) is 28.4 Å². The van der Waals surface area contributed by atoms with E-state index in [1.54, 1.807) is 65.7 Å². The minimum atomic E-state index is -2.99. The summed E-state index contributed by atoms with van der Waals surface area (Å²) in [6, 6.07) is 2.39. The number of hydrogen-bond acceptors (Lipinski definition) is 20. The minimum absolute atomic E-state index is 0.225. The van der Waals surface area contributed by atoms with E-state index in [0.29, 0.717) is 0 Å². The van der Waals surface area contributed by atoms with Crippen LogP contribution in [0.4, 0.5) is 0 Å². The Labute approximate surface area is 440 Å². The van der Waals surface area contributed by atoms with Crippen LogP contribution >= 0.6 is 0 Å². The highest BCUT2D eigenvalue weighted by molar-refractivity contribution is 6.14. The zero-order chi connectivity index (χ0) is 56.1. The number of likely N-dealkylation sites (N-methyl/N-ethyl adjacent to an activating group) is 2. The zero-order valence-electron chi connectivity index (χ0n) is 43.4. The minimum Gasteiger partial charge on any atom is -0.506 e. The molecule has 16 atom stereocenters. The summed E-state index contributed by atoms with van der Waals surface area (Å²) in [4.78, 5) is 65.5. The highest BCUT2D eigenvalue weighted by Gasteiger charge is 2.87. The lowest BCUT2D eigenvalue weighted by molar-refractivity contribution is -0.377. The Hall–Kier alpha value is -6.44. The first kappa shape index (κ1) is 52.3. The van der Waals surface area contributed by atoms with Gasteiger partial charge in [-0.3, -0.25) is 19.2 Å². The molecule has 0 radical (unpaired) electrons. The predicted octanol–water partition coefficient (Wildman–Crippen LogP) is 0.150. The van der Waals surface area contributed by atoms with Gasteiger partial charge in [0, 0.05) is 34.7 Å². The molecule has 0 bridgehead atoms. The number of benzene rings is 4. The molecular weight excluding hydrogens is 1020 g/mol. The predicted molar refractivity (Wildman–Crippen MR) is 268 cm³/mol. The fraction of sp³-hybridized carbons (Fsp3) is 0.519. The molecule has 0 aromatic heterocycles. The number of aromatic hydroxyl groups is 4. The molecule has 6 aliphatic rings. The molecule has 410 valence electrons. The summed E-state index contributed by atoms with van der Waals surface area (Å²) in [6.45, 7) is 6.57. The number of phenols is 4. The lowest BCUT2D eigenvalue weighted by Crippen LogP contribution is -2.60. The van der Waals surface area contributed by atoms with Gasteiger partial charge in [-0.15, -0.1) is 0 Å². The van der Waals surface area contributed by atoms with Crippen molar-refractivity contribution in [2.24, 2.45) is 11.8 Å². The number of phenolic OH excluding ortho intramolecular Hbond substituents is 4. The van der Waals surface area contributed by atoms with Gasteiger partial charge in [0.1, 0.15) is 57.2 Å². The average molecular weight is 1080 g/mol. The highest BCUT2D eigenvalue weighted by Crippen LogP contribution is 2.78. The van der Waals surface area contributed by atoms with E-state index < -0.39 is 206 Å². The smallest absolute Gasteiger partial charge is 0.333 e. The molecule has 0 spiro atoms. The molecule has 12 rings (SSSR count). The summed E-state index contributed by atoms with van der Waals surface area (Å²) < 4.78 is 41.5. The molecule has 6 aromatic rings. The van der Waals surface area contributed by atoms with Crippen molar-refractivity contribution in [1.82, 2.24) is 9.80 Å². The third-order valence-electron chi connectivity index (χ3n) is 18.1. The first-order valence-corrected chi connectivity index (χ1v) is 25.7. The number of rotatable bonds is 8. The van der Waals surface area contributed by atoms with E-state index in [1.807, 2.05) is 0 Å². The zero-order valence-corrected chi connectivity index (χ0v) is 43.4. The van der Waals surface area contributed by atoms with Gasteiger partial charge in [0.05, 0.1) is 81.0 Å². The normalized spacial score (nSPS) is 35.9. The van der Waals surface area contributed by atoms with Gasteiger partial charge in [-0.05, 0) is 79.1 Å². The van der Waals surface area contributed by atoms with Crippen LogP contribution in [0.15, 0.2) is 43.4 Å². The Kier molecular flexibility index (Phi) is 11.4. The molecule has 0 amide bonds. The van der Waals surface area contributed by atoms with Crippen molar-refractivity contribution in [3.63, 3.8) is 0 Å². The second kappa shape index (κ2) is 17.0. The lowest BCUT2D eigenvalue weighted by atomic mass is 9.57. The van der Waals surface area contributed by atoms with E-state index in [2.05, 4.69) is 9.58 Å². The van der Waals surface area contributed by atoms with Crippen molar-refractivity contribution in [2.75, 3.05) is 28.2 Å². The van der Waals surface area contributed by atoms with Crippen LogP contribution in [0.5, 0.6) is 23.0 Å². The quantitative estimate of drug-likeness (QED) is 0.0571. The van der Waals surface area contributed by atoms with E-state index >= 15 is 0 Å². The molecule has 4 heterocycles. The molecule has 8 N–H and O–H groups in total. The van der Waals surface area contributed by atoms with Crippen LogP contribution in [0.25, 0.3) is 54.2 Å². The summed E-state index contributed by atoms with van der Waals surface area (Å²) in [5, 5.41) is 95.5. The molecule has 24 nitrogen and oxygen atoms in total. The van der Waals surface area contributed by atoms with Gasteiger partial charge in [-0.25, -0.2) is 0 Å². The van der Waals surface area contributed by atoms with Crippen LogP contribution in [-0.2, 0) is 40.0 Å². The summed E-state index contributed by atoms with van der Waals surface area (Å²) >= 11 is 0. The van der Waals surface area contributed by atoms with Gasteiger partial charge >= 0.3 is 10.7 Å². The number of nitrogens with zero attached hydrogens (tertiary/aromatic N) is 6. The second-order valence-corrected chi connectivity index (χ2v) is 22.3. The molecule has 4 aliphatic heterocycles. The Balaban J connectivity index is 1.23. The van der Waals surface area contributed by atoms with Crippen molar-refractivity contribution in [3.05, 3.63) is 109 Å². The number of aliphatic hydroxyl groups is 4. The van der Waals surface area contributed by atoms with Crippen LogP contribution in [0.3, 0.4) is 0 Å². The van der Waals surface area contributed by atoms with Crippen LogP contribution in [0.2, 0.25) is 0 Å². The maximum absolute atomic E-state index is 14.3. The number of aliphatic hydroxyl groups excluding tert-OH is 2. The van der Waals surface area contributed by atoms with Crippen molar-refractivity contribution in [1.29, 1.82) is 0 Å². The Morgan fingerprint density at radius 2 is 0.872 bits per heavy atom. The average Bonchev–Trinajstić information content (AvgIpc) is 1.58. The molecule has 78 heavy (non-hydrogen) atoms. The van der Waals surface area contributed by atoms with Crippen LogP contribution in [-0.4, -0.2) is 149 Å². The van der Waals surface area contributed by atoms with Gasteiger partial charge in [-0.1, -0.05) is 13.8 Å². The Morgan fingerprint density at radius 1 is 0.564 bits per heavy atom. The van der Waals surface area contributed by atoms with Gasteiger partial charge in [0.15, 0.2) is 34.3 Å². The topological polar surface area (TPSA) is 365 Å². The van der Waals surface area contributed by atoms with Crippen LogP contribution < -0.4 is 32.4 Å². The molecule has 6 aromatic carbocycles. The Morgan fingerprint density at radius 3 is 1.14 bits per heavy atom. The van der Waals surface area contributed by atoms with Gasteiger partial charge in [0.2, 0.25) is 11.6 Å². The standard InChI is InChI=1S/C54H56N6O18/c1-9-51-47-48-52(10-2,50(76-26-16-24(66)42(60(7)8)18(4)74-26)36-38(54(48,72)77-51)32-34(40(36)58-56)46(70)30-22(64)14-12-20(62)28(30)44(32)68)78-53(47,71)37-31-33(45(69)29-21(63)13-11-19(61)27(29)43(31)67)39(57-55)35(37)49(51)75-25-15-23(65)41(59(5)6)17(3)73-25/h11-14,17-18,23-26,41-42,47-50,65-72H,9-10,15-16H2,1-8H3/t17-,18+,23-,24+,25+,26-,41-,42+,47-,48-,49-,50-,51+,52+,53+,54+/m1/s1. The van der Waals surface area contributed by atoms with Gasteiger partial charge in [0.25, 0.3) is 0 Å².